The first-order valence-corrected chi connectivity index (χ1v) is 15.7. The summed E-state index contributed by atoms with van der Waals surface area (Å²) >= 11 is 0. The van der Waals surface area contributed by atoms with Crippen LogP contribution in [0.1, 0.15) is 0 Å². The van der Waals surface area contributed by atoms with Gasteiger partial charge in [-0.2, -0.15) is 0 Å². The summed E-state index contributed by atoms with van der Waals surface area (Å²) in [6.07, 6.45) is 0. The fraction of sp³-hybridized carbons (Fsp3) is 0. The van der Waals surface area contributed by atoms with E-state index in [1.54, 1.807) is 0 Å². The van der Waals surface area contributed by atoms with Crippen LogP contribution in [0.3, 0.4) is 0 Å². The highest BCUT2D eigenvalue weighted by Gasteiger charge is 2.18. The zero-order chi connectivity index (χ0) is 30.5. The van der Waals surface area contributed by atoms with E-state index < -0.39 is 0 Å². The Morgan fingerprint density at radius 3 is 1.76 bits per heavy atom. The molecule has 0 fully saturated rings. The highest BCUT2D eigenvalue weighted by Crippen LogP contribution is 2.43. The van der Waals surface area contributed by atoms with Crippen LogP contribution in [0.2, 0.25) is 0 Å². The van der Waals surface area contributed by atoms with Crippen LogP contribution < -0.4 is 4.90 Å². The SMILES string of the molecule is c1ccc(-c2ccc(N(c3ccccc3)c3ccc4oc5c6ccccc6c(-c6ccc7ccccc7c6)cc5c4c3)cc2)cc1. The van der Waals surface area contributed by atoms with Gasteiger partial charge < -0.3 is 9.32 Å². The molecule has 46 heavy (non-hydrogen) atoms. The van der Waals surface area contributed by atoms with Crippen LogP contribution in [0.25, 0.3) is 65.7 Å². The van der Waals surface area contributed by atoms with Gasteiger partial charge in [-0.3, -0.25) is 0 Å². The summed E-state index contributed by atoms with van der Waals surface area (Å²) in [6, 6.07) is 62.7. The van der Waals surface area contributed by atoms with Gasteiger partial charge in [-0.25, -0.2) is 0 Å². The number of hydrogen-bond acceptors (Lipinski definition) is 2. The summed E-state index contributed by atoms with van der Waals surface area (Å²) in [5.74, 6) is 0. The molecule has 1 aromatic heterocycles. The minimum atomic E-state index is 0.881. The maximum Gasteiger partial charge on any atom is 0.143 e. The summed E-state index contributed by atoms with van der Waals surface area (Å²) in [5.41, 5.74) is 9.89. The van der Waals surface area contributed by atoms with Crippen molar-refractivity contribution in [3.05, 3.63) is 176 Å². The minimum absolute atomic E-state index is 0.881. The first kappa shape index (κ1) is 26.3. The lowest BCUT2D eigenvalue weighted by molar-refractivity contribution is 0.672. The number of rotatable bonds is 5. The van der Waals surface area contributed by atoms with E-state index in [-0.39, 0.29) is 0 Å². The summed E-state index contributed by atoms with van der Waals surface area (Å²) < 4.78 is 6.62. The minimum Gasteiger partial charge on any atom is -0.455 e. The third-order valence-corrected chi connectivity index (χ3v) is 9.03. The van der Waals surface area contributed by atoms with Gasteiger partial charge in [-0.1, -0.05) is 121 Å². The average Bonchev–Trinajstić information content (AvgIpc) is 3.50. The summed E-state index contributed by atoms with van der Waals surface area (Å²) in [5, 5.41) is 7.01. The molecule has 0 atom stereocenters. The molecule has 0 saturated carbocycles. The predicted molar refractivity (Wildman–Crippen MR) is 194 cm³/mol. The Kier molecular flexibility index (Phi) is 6.17. The second-order valence-electron chi connectivity index (χ2n) is 11.8. The zero-order valence-electron chi connectivity index (χ0n) is 25.1. The van der Waals surface area contributed by atoms with Crippen LogP contribution in [0.4, 0.5) is 17.1 Å². The van der Waals surface area contributed by atoms with Gasteiger partial charge in [-0.15, -0.1) is 0 Å². The fourth-order valence-electron chi connectivity index (χ4n) is 6.78. The van der Waals surface area contributed by atoms with Crippen molar-refractivity contribution in [3.8, 4) is 22.3 Å². The molecule has 0 aliphatic carbocycles. The Hall–Kier alpha value is -6.12. The molecule has 9 rings (SSSR count). The number of anilines is 3. The van der Waals surface area contributed by atoms with E-state index in [9.17, 15) is 0 Å². The van der Waals surface area contributed by atoms with Crippen molar-refractivity contribution in [2.45, 2.75) is 0 Å². The normalized spacial score (nSPS) is 11.5. The molecule has 0 saturated heterocycles. The lowest BCUT2D eigenvalue weighted by Gasteiger charge is -2.25. The Balaban J connectivity index is 1.24. The molecular weight excluding hydrogens is 558 g/mol. The monoisotopic (exact) mass is 587 g/mol. The van der Waals surface area contributed by atoms with Crippen LogP contribution in [-0.4, -0.2) is 0 Å². The van der Waals surface area contributed by atoms with Crippen molar-refractivity contribution in [1.29, 1.82) is 0 Å². The maximum atomic E-state index is 6.62. The Morgan fingerprint density at radius 2 is 0.957 bits per heavy atom. The van der Waals surface area contributed by atoms with E-state index in [1.165, 1.54) is 38.4 Å². The quantitative estimate of drug-likeness (QED) is 0.199. The Bertz CT molecular complexity index is 2510. The molecule has 0 bridgehead atoms. The first-order valence-electron chi connectivity index (χ1n) is 15.7. The summed E-state index contributed by atoms with van der Waals surface area (Å²) in [6.45, 7) is 0. The van der Waals surface area contributed by atoms with Gasteiger partial charge in [0.1, 0.15) is 11.2 Å². The number of para-hydroxylation sites is 1. The van der Waals surface area contributed by atoms with Crippen LogP contribution in [0.5, 0.6) is 0 Å². The third-order valence-electron chi connectivity index (χ3n) is 9.03. The molecule has 0 radical (unpaired) electrons. The number of hydrogen-bond donors (Lipinski definition) is 0. The molecule has 0 unspecified atom stereocenters. The van der Waals surface area contributed by atoms with E-state index in [0.717, 1.165) is 44.4 Å². The van der Waals surface area contributed by atoms with E-state index in [0.29, 0.717) is 0 Å². The van der Waals surface area contributed by atoms with Gasteiger partial charge in [0, 0.05) is 33.2 Å². The molecule has 9 aromatic rings. The Labute approximate surface area is 267 Å². The van der Waals surface area contributed by atoms with Gasteiger partial charge >= 0.3 is 0 Å². The molecule has 0 N–H and O–H groups in total. The lowest BCUT2D eigenvalue weighted by atomic mass is 9.94. The lowest BCUT2D eigenvalue weighted by Crippen LogP contribution is -2.09. The van der Waals surface area contributed by atoms with E-state index in [1.807, 2.05) is 0 Å². The molecule has 0 spiro atoms. The number of nitrogens with zero attached hydrogens (tertiary/aromatic N) is 1. The third kappa shape index (κ3) is 4.43. The van der Waals surface area contributed by atoms with Gasteiger partial charge in [0.25, 0.3) is 0 Å². The van der Waals surface area contributed by atoms with Crippen molar-refractivity contribution in [3.63, 3.8) is 0 Å². The van der Waals surface area contributed by atoms with Crippen molar-refractivity contribution in [2.24, 2.45) is 0 Å². The number of benzene rings is 8. The van der Waals surface area contributed by atoms with Crippen molar-refractivity contribution < 1.29 is 4.42 Å². The van der Waals surface area contributed by atoms with Crippen molar-refractivity contribution >= 4 is 60.5 Å². The average molecular weight is 588 g/mol. The maximum absolute atomic E-state index is 6.62. The van der Waals surface area contributed by atoms with E-state index >= 15 is 0 Å². The second kappa shape index (κ2) is 10.8. The topological polar surface area (TPSA) is 16.4 Å². The first-order chi connectivity index (χ1) is 22.8. The summed E-state index contributed by atoms with van der Waals surface area (Å²) in [7, 11) is 0. The summed E-state index contributed by atoms with van der Waals surface area (Å²) in [4.78, 5) is 2.32. The van der Waals surface area contributed by atoms with Crippen LogP contribution in [0, 0.1) is 0 Å². The van der Waals surface area contributed by atoms with Crippen molar-refractivity contribution in [1.82, 2.24) is 0 Å². The van der Waals surface area contributed by atoms with Crippen molar-refractivity contribution in [2.75, 3.05) is 4.90 Å². The van der Waals surface area contributed by atoms with Crippen LogP contribution >= 0.6 is 0 Å². The van der Waals surface area contributed by atoms with Crippen LogP contribution in [-0.2, 0) is 0 Å². The molecule has 1 heterocycles. The van der Waals surface area contributed by atoms with E-state index in [4.69, 9.17) is 4.42 Å². The molecule has 0 aliphatic rings. The van der Waals surface area contributed by atoms with Gasteiger partial charge in [0.05, 0.1) is 0 Å². The Morgan fingerprint density at radius 1 is 0.348 bits per heavy atom. The standard InChI is InChI=1S/C44H29NO/c1-3-11-30(12-4-1)32-21-23-36(24-22-32)45(35-15-5-2-6-16-35)37-25-26-43-41(28-37)42-29-40(38-17-9-10-18-39(38)44(42)46-43)34-20-19-31-13-7-8-14-33(31)27-34/h1-29H. The molecule has 216 valence electrons. The number of furan rings is 1. The highest BCUT2D eigenvalue weighted by atomic mass is 16.3. The van der Waals surface area contributed by atoms with E-state index in [2.05, 4.69) is 181 Å². The largest absolute Gasteiger partial charge is 0.455 e. The smallest absolute Gasteiger partial charge is 0.143 e. The predicted octanol–water partition coefficient (Wildman–Crippen LogP) is 12.7. The molecule has 0 amide bonds. The van der Waals surface area contributed by atoms with Crippen LogP contribution in [0.15, 0.2) is 180 Å². The van der Waals surface area contributed by atoms with Gasteiger partial charge in [0.15, 0.2) is 0 Å². The molecule has 2 nitrogen and oxygen atoms in total. The van der Waals surface area contributed by atoms with Gasteiger partial charge in [0.2, 0.25) is 0 Å². The molecule has 0 aliphatic heterocycles. The van der Waals surface area contributed by atoms with Gasteiger partial charge in [-0.05, 0) is 93.0 Å². The number of fused-ring (bicyclic) bond motifs is 6. The second-order valence-corrected chi connectivity index (χ2v) is 11.8. The molecular formula is C44H29NO. The highest BCUT2D eigenvalue weighted by molar-refractivity contribution is 6.19. The molecule has 2 heteroatoms. The fourth-order valence-corrected chi connectivity index (χ4v) is 6.78. The zero-order valence-corrected chi connectivity index (χ0v) is 25.1. The molecule has 8 aromatic carbocycles.